The van der Waals surface area contributed by atoms with Gasteiger partial charge in [0, 0.05) is 11.4 Å². The summed E-state index contributed by atoms with van der Waals surface area (Å²) in [7, 11) is 0. The summed E-state index contributed by atoms with van der Waals surface area (Å²) in [6.45, 7) is 22.5. The molecule has 0 amide bonds. The fraction of sp³-hybridized carbons (Fsp3) is 0.500. The van der Waals surface area contributed by atoms with E-state index in [0.717, 1.165) is 0 Å². The minimum Gasteiger partial charge on any atom is -0.355 e. The van der Waals surface area contributed by atoms with Crippen molar-refractivity contribution in [2.45, 2.75) is 80.1 Å². The molecule has 1 heteroatoms. The molecule has 0 spiro atoms. The lowest BCUT2D eigenvalue weighted by Gasteiger charge is -2.25. The highest BCUT2D eigenvalue weighted by atomic mass is 14.9. The van der Waals surface area contributed by atoms with Crippen molar-refractivity contribution in [3.8, 4) is 0 Å². The lowest BCUT2D eigenvalue weighted by atomic mass is 9.84. The molecule has 2 aromatic rings. The van der Waals surface area contributed by atoms with Crippen LogP contribution < -0.4 is 5.32 Å². The molecule has 0 bridgehead atoms. The zero-order valence-electron chi connectivity index (χ0n) is 17.8. The normalized spacial score (nSPS) is 12.4. The molecule has 0 aliphatic carbocycles. The Bertz CT molecular complexity index is 669. The Morgan fingerprint density at radius 2 is 0.760 bits per heavy atom. The Kier molecular flexibility index (Phi) is 5.10. The SMILES string of the molecule is Cc1cc(C(C)(C)C)cc(C)c1Nc1c(C)cc(C(C)(C)C)cc1C. The van der Waals surface area contributed by atoms with Crippen molar-refractivity contribution in [2.75, 3.05) is 5.32 Å². The number of rotatable bonds is 2. The first-order valence-corrected chi connectivity index (χ1v) is 9.31. The van der Waals surface area contributed by atoms with E-state index in [2.05, 4.69) is 98.8 Å². The number of nitrogens with one attached hydrogen (secondary N) is 1. The maximum atomic E-state index is 3.73. The van der Waals surface area contributed by atoms with Crippen LogP contribution in [-0.2, 0) is 10.8 Å². The number of benzene rings is 2. The van der Waals surface area contributed by atoms with Crippen molar-refractivity contribution < 1.29 is 0 Å². The van der Waals surface area contributed by atoms with Gasteiger partial charge < -0.3 is 5.32 Å². The Morgan fingerprint density at radius 3 is 0.960 bits per heavy atom. The fourth-order valence-corrected chi connectivity index (χ4v) is 3.31. The molecule has 2 aromatic carbocycles. The first-order valence-electron chi connectivity index (χ1n) is 9.31. The fourth-order valence-electron chi connectivity index (χ4n) is 3.31. The molecule has 25 heavy (non-hydrogen) atoms. The van der Waals surface area contributed by atoms with Crippen molar-refractivity contribution in [1.29, 1.82) is 0 Å². The second kappa shape index (κ2) is 6.52. The van der Waals surface area contributed by atoms with Gasteiger partial charge in [0.25, 0.3) is 0 Å². The zero-order valence-corrected chi connectivity index (χ0v) is 17.8. The van der Waals surface area contributed by atoms with E-state index in [4.69, 9.17) is 0 Å². The van der Waals surface area contributed by atoms with E-state index < -0.39 is 0 Å². The minimum absolute atomic E-state index is 0.175. The Balaban J connectivity index is 2.48. The van der Waals surface area contributed by atoms with Crippen LogP contribution in [-0.4, -0.2) is 0 Å². The second-order valence-electron chi connectivity index (χ2n) is 9.60. The van der Waals surface area contributed by atoms with Crippen LogP contribution in [0.2, 0.25) is 0 Å². The van der Waals surface area contributed by atoms with Gasteiger partial charge in [-0.25, -0.2) is 0 Å². The molecule has 1 nitrogen and oxygen atoms in total. The van der Waals surface area contributed by atoms with Crippen molar-refractivity contribution >= 4 is 11.4 Å². The summed E-state index contributed by atoms with van der Waals surface area (Å²) in [5.74, 6) is 0. The number of hydrogen-bond acceptors (Lipinski definition) is 1. The molecular weight excluding hydrogens is 302 g/mol. The minimum atomic E-state index is 0.175. The molecular formula is C24H35N. The van der Waals surface area contributed by atoms with Gasteiger partial charge >= 0.3 is 0 Å². The van der Waals surface area contributed by atoms with Gasteiger partial charge in [0.2, 0.25) is 0 Å². The van der Waals surface area contributed by atoms with Gasteiger partial charge in [0.05, 0.1) is 0 Å². The maximum Gasteiger partial charge on any atom is 0.0443 e. The average Bonchev–Trinajstić information content (AvgIpc) is 2.42. The van der Waals surface area contributed by atoms with Crippen LogP contribution in [0.5, 0.6) is 0 Å². The summed E-state index contributed by atoms with van der Waals surface area (Å²) in [6.07, 6.45) is 0. The van der Waals surface area contributed by atoms with Gasteiger partial charge in [0.15, 0.2) is 0 Å². The van der Waals surface area contributed by atoms with Crippen molar-refractivity contribution in [1.82, 2.24) is 0 Å². The molecule has 0 saturated heterocycles. The van der Waals surface area contributed by atoms with Gasteiger partial charge in [-0.1, -0.05) is 65.8 Å². The third-order valence-electron chi connectivity index (χ3n) is 5.05. The molecule has 136 valence electrons. The van der Waals surface area contributed by atoms with Crippen molar-refractivity contribution in [3.05, 3.63) is 57.6 Å². The second-order valence-corrected chi connectivity index (χ2v) is 9.60. The molecule has 2 rings (SSSR count). The highest BCUT2D eigenvalue weighted by Crippen LogP contribution is 2.35. The van der Waals surface area contributed by atoms with Gasteiger partial charge in [-0.2, -0.15) is 0 Å². The predicted octanol–water partition coefficient (Wildman–Crippen LogP) is 7.26. The average molecular weight is 338 g/mol. The number of anilines is 2. The summed E-state index contributed by atoms with van der Waals surface area (Å²) in [6, 6.07) is 9.29. The van der Waals surface area contributed by atoms with Crippen LogP contribution >= 0.6 is 0 Å². The van der Waals surface area contributed by atoms with Gasteiger partial charge in [-0.3, -0.25) is 0 Å². The molecule has 0 unspecified atom stereocenters. The summed E-state index contributed by atoms with van der Waals surface area (Å²) < 4.78 is 0. The predicted molar refractivity (Wildman–Crippen MR) is 113 cm³/mol. The molecule has 0 atom stereocenters. The van der Waals surface area contributed by atoms with Crippen molar-refractivity contribution in [3.63, 3.8) is 0 Å². The Morgan fingerprint density at radius 1 is 0.520 bits per heavy atom. The summed E-state index contributed by atoms with van der Waals surface area (Å²) in [5, 5.41) is 3.73. The van der Waals surface area contributed by atoms with E-state index in [9.17, 15) is 0 Å². The van der Waals surface area contributed by atoms with Crippen LogP contribution in [0.15, 0.2) is 24.3 Å². The third-order valence-corrected chi connectivity index (χ3v) is 5.05. The first-order chi connectivity index (χ1) is 11.3. The van der Waals surface area contributed by atoms with Gasteiger partial charge in [-0.05, 0) is 71.9 Å². The molecule has 0 saturated carbocycles. The molecule has 0 aliphatic rings. The summed E-state index contributed by atoms with van der Waals surface area (Å²) >= 11 is 0. The highest BCUT2D eigenvalue weighted by molar-refractivity contribution is 5.72. The molecule has 0 heterocycles. The molecule has 0 radical (unpaired) electrons. The largest absolute Gasteiger partial charge is 0.355 e. The summed E-state index contributed by atoms with van der Waals surface area (Å²) in [5.41, 5.74) is 10.8. The standard InChI is InChI=1S/C24H35N/c1-15-11-19(23(5,6)7)12-16(2)21(15)25-22-17(3)13-20(14-18(22)4)24(8,9)10/h11-14,25H,1-10H3. The maximum absolute atomic E-state index is 3.73. The molecule has 0 aromatic heterocycles. The molecule has 0 fully saturated rings. The monoisotopic (exact) mass is 337 g/mol. The third kappa shape index (κ3) is 4.26. The Hall–Kier alpha value is -1.76. The van der Waals surface area contributed by atoms with Crippen LogP contribution in [0.1, 0.15) is 74.9 Å². The van der Waals surface area contributed by atoms with Crippen LogP contribution in [0.3, 0.4) is 0 Å². The van der Waals surface area contributed by atoms with E-state index in [1.807, 2.05) is 0 Å². The van der Waals surface area contributed by atoms with E-state index in [0.29, 0.717) is 0 Å². The van der Waals surface area contributed by atoms with Crippen LogP contribution in [0, 0.1) is 27.7 Å². The lowest BCUT2D eigenvalue weighted by molar-refractivity contribution is 0.589. The summed E-state index contributed by atoms with van der Waals surface area (Å²) in [4.78, 5) is 0. The quantitative estimate of drug-likeness (QED) is 0.608. The van der Waals surface area contributed by atoms with Crippen LogP contribution in [0.25, 0.3) is 0 Å². The first kappa shape index (κ1) is 19.6. The van der Waals surface area contributed by atoms with Gasteiger partial charge in [-0.15, -0.1) is 0 Å². The lowest BCUT2D eigenvalue weighted by Crippen LogP contribution is -2.13. The molecule has 0 aliphatic heterocycles. The number of hydrogen-bond donors (Lipinski definition) is 1. The smallest absolute Gasteiger partial charge is 0.0443 e. The number of aryl methyl sites for hydroxylation is 4. The van der Waals surface area contributed by atoms with E-state index in [-0.39, 0.29) is 10.8 Å². The van der Waals surface area contributed by atoms with E-state index >= 15 is 0 Å². The van der Waals surface area contributed by atoms with Crippen molar-refractivity contribution in [2.24, 2.45) is 0 Å². The molecule has 1 N–H and O–H groups in total. The topological polar surface area (TPSA) is 12.0 Å². The highest BCUT2D eigenvalue weighted by Gasteiger charge is 2.19. The van der Waals surface area contributed by atoms with Crippen LogP contribution in [0.4, 0.5) is 11.4 Å². The Labute approximate surface area is 154 Å². The van der Waals surface area contributed by atoms with E-state index in [1.165, 1.54) is 44.8 Å². The van der Waals surface area contributed by atoms with E-state index in [1.54, 1.807) is 0 Å². The van der Waals surface area contributed by atoms with Gasteiger partial charge in [0.1, 0.15) is 0 Å². The zero-order chi connectivity index (χ0) is 19.2.